The fourth-order valence-electron chi connectivity index (χ4n) is 4.39. The summed E-state index contributed by atoms with van der Waals surface area (Å²) in [6, 6.07) is 15.2. The number of hydrogen-bond donors (Lipinski definition) is 2. The number of methoxy groups -OCH3 is 1. The van der Waals surface area contributed by atoms with Gasteiger partial charge in [-0.3, -0.25) is 4.79 Å². The second kappa shape index (κ2) is 8.90. The Morgan fingerprint density at radius 2 is 1.79 bits per heavy atom. The maximum atomic E-state index is 13.3. The summed E-state index contributed by atoms with van der Waals surface area (Å²) < 4.78 is 6.90. The van der Waals surface area contributed by atoms with Crippen LogP contribution in [0.5, 0.6) is 5.75 Å². The van der Waals surface area contributed by atoms with Crippen LogP contribution in [0.3, 0.4) is 0 Å². The van der Waals surface area contributed by atoms with Gasteiger partial charge in [-0.1, -0.05) is 43.5 Å². The Morgan fingerprint density at radius 1 is 1.09 bits per heavy atom. The van der Waals surface area contributed by atoms with E-state index in [4.69, 9.17) is 20.4 Å². The van der Waals surface area contributed by atoms with E-state index in [1.54, 1.807) is 13.3 Å². The summed E-state index contributed by atoms with van der Waals surface area (Å²) in [6.45, 7) is 0. The van der Waals surface area contributed by atoms with Gasteiger partial charge >= 0.3 is 0 Å². The number of hydrogen-bond acceptors (Lipinski definition) is 6. The molecule has 2 aromatic heterocycles. The van der Waals surface area contributed by atoms with E-state index < -0.39 is 0 Å². The molecule has 0 bridgehead atoms. The lowest BCUT2D eigenvalue weighted by molar-refractivity contribution is 0.0930. The van der Waals surface area contributed by atoms with E-state index in [1.165, 1.54) is 11.1 Å². The number of carbonyl (C=O) groups excluding carboxylic acids is 1. The number of fused-ring (bicyclic) bond motifs is 2. The Morgan fingerprint density at radius 3 is 2.55 bits per heavy atom. The summed E-state index contributed by atoms with van der Waals surface area (Å²) in [5, 5.41) is 7.72. The van der Waals surface area contributed by atoms with Crippen molar-refractivity contribution >= 4 is 40.1 Å². The number of aromatic nitrogens is 3. The highest BCUT2D eigenvalue weighted by Gasteiger charge is 2.26. The van der Waals surface area contributed by atoms with Gasteiger partial charge < -0.3 is 15.8 Å². The zero-order valence-electron chi connectivity index (χ0n) is 18.5. The van der Waals surface area contributed by atoms with Gasteiger partial charge in [0.2, 0.25) is 0 Å². The fourth-order valence-corrected chi connectivity index (χ4v) is 4.39. The monoisotopic (exact) mass is 442 g/mol. The molecule has 1 fully saturated rings. The Labute approximate surface area is 191 Å². The number of carbonyl (C=O) groups is 1. The quantitative estimate of drug-likeness (QED) is 0.452. The van der Waals surface area contributed by atoms with Crippen molar-refractivity contribution < 1.29 is 9.53 Å². The predicted octanol–water partition coefficient (Wildman–Crippen LogP) is 4.12. The highest BCUT2D eigenvalue weighted by atomic mass is 16.5. The second-order valence-corrected chi connectivity index (χ2v) is 8.25. The van der Waals surface area contributed by atoms with Crippen LogP contribution in [0.15, 0.2) is 53.6 Å². The number of amides is 1. The molecule has 0 saturated heterocycles. The number of nitrogens with two attached hydrogens (primary N) is 1. The molecule has 0 spiro atoms. The first-order chi connectivity index (χ1) is 16.2. The van der Waals surface area contributed by atoms with E-state index in [0.717, 1.165) is 31.2 Å². The number of nitrogens with one attached hydrogen (secondary N) is 1. The van der Waals surface area contributed by atoms with Gasteiger partial charge in [-0.2, -0.15) is 9.78 Å². The molecule has 3 N–H and O–H groups in total. The topological polar surface area (TPSA) is 107 Å². The normalized spacial score (nSPS) is 14.8. The number of anilines is 1. The Balaban J connectivity index is 1.63. The molecular weight excluding hydrogens is 416 g/mol. The first-order valence-corrected chi connectivity index (χ1v) is 11.2. The molecule has 1 aliphatic carbocycles. The summed E-state index contributed by atoms with van der Waals surface area (Å²) >= 11 is 0. The first kappa shape index (κ1) is 20.9. The van der Waals surface area contributed by atoms with Crippen LogP contribution in [0.2, 0.25) is 0 Å². The summed E-state index contributed by atoms with van der Waals surface area (Å²) in [5.41, 5.74) is 9.87. The lowest BCUT2D eigenvalue weighted by atomic mass is 9.95. The van der Waals surface area contributed by atoms with Crippen LogP contribution in [-0.2, 0) is 0 Å². The lowest BCUT2D eigenvalue weighted by Gasteiger charge is -2.22. The van der Waals surface area contributed by atoms with Crippen molar-refractivity contribution in [3.8, 4) is 5.75 Å². The molecule has 0 atom stereocenters. The van der Waals surface area contributed by atoms with Crippen LogP contribution in [0.4, 0.5) is 5.82 Å². The number of ether oxygens (including phenoxy) is 1. The molecule has 2 heterocycles. The van der Waals surface area contributed by atoms with E-state index >= 15 is 0 Å². The Bertz CT molecular complexity index is 1350. The average molecular weight is 443 g/mol. The van der Waals surface area contributed by atoms with E-state index in [1.807, 2.05) is 48.5 Å². The third kappa shape index (κ3) is 4.00. The Kier molecular flexibility index (Phi) is 5.64. The van der Waals surface area contributed by atoms with Gasteiger partial charge in [-0.15, -0.1) is 0 Å². The largest absolute Gasteiger partial charge is 0.496 e. The number of nitrogen functional groups attached to an aromatic ring is 1. The summed E-state index contributed by atoms with van der Waals surface area (Å²) in [4.78, 5) is 22.8. The van der Waals surface area contributed by atoms with Crippen LogP contribution < -0.4 is 15.8 Å². The van der Waals surface area contributed by atoms with E-state index in [9.17, 15) is 4.79 Å². The predicted molar refractivity (Wildman–Crippen MR) is 130 cm³/mol. The van der Waals surface area contributed by atoms with Crippen molar-refractivity contribution in [1.82, 2.24) is 20.0 Å². The third-order valence-electron chi connectivity index (χ3n) is 6.09. The molecule has 2 aromatic carbocycles. The maximum Gasteiger partial charge on any atom is 0.257 e. The van der Waals surface area contributed by atoms with Crippen molar-refractivity contribution in [2.75, 3.05) is 12.8 Å². The summed E-state index contributed by atoms with van der Waals surface area (Å²) in [7, 11) is 1.61. The van der Waals surface area contributed by atoms with Crippen molar-refractivity contribution in [3.05, 3.63) is 59.7 Å². The number of rotatable bonds is 5. The van der Waals surface area contributed by atoms with Gasteiger partial charge in [0.1, 0.15) is 22.6 Å². The van der Waals surface area contributed by atoms with E-state index in [2.05, 4.69) is 10.4 Å². The molecule has 168 valence electrons. The van der Waals surface area contributed by atoms with Crippen molar-refractivity contribution in [2.45, 2.75) is 38.1 Å². The number of benzene rings is 2. The van der Waals surface area contributed by atoms with E-state index in [-0.39, 0.29) is 17.8 Å². The zero-order chi connectivity index (χ0) is 22.8. The minimum atomic E-state index is -0.236. The highest BCUT2D eigenvalue weighted by Crippen LogP contribution is 2.29. The van der Waals surface area contributed by atoms with Gasteiger partial charge in [0, 0.05) is 11.6 Å². The smallest absolute Gasteiger partial charge is 0.257 e. The van der Waals surface area contributed by atoms with Gasteiger partial charge in [-0.25, -0.2) is 9.97 Å². The molecule has 0 aliphatic heterocycles. The zero-order valence-corrected chi connectivity index (χ0v) is 18.5. The number of para-hydroxylation sites is 3. The first-order valence-electron chi connectivity index (χ1n) is 11.2. The van der Waals surface area contributed by atoms with Gasteiger partial charge in [-0.05, 0) is 37.1 Å². The van der Waals surface area contributed by atoms with Crippen LogP contribution in [0.25, 0.3) is 22.2 Å². The van der Waals surface area contributed by atoms with E-state index in [0.29, 0.717) is 33.5 Å². The van der Waals surface area contributed by atoms with Gasteiger partial charge in [0.15, 0.2) is 5.65 Å². The molecule has 4 aromatic rings. The molecule has 1 saturated carbocycles. The van der Waals surface area contributed by atoms with Crippen molar-refractivity contribution in [1.29, 1.82) is 0 Å². The molecule has 0 radical (unpaired) electrons. The van der Waals surface area contributed by atoms with Crippen LogP contribution in [0, 0.1) is 0 Å². The molecule has 1 aliphatic rings. The number of nitrogens with zero attached hydrogens (tertiary/aromatic N) is 4. The van der Waals surface area contributed by atoms with Crippen molar-refractivity contribution in [2.24, 2.45) is 5.10 Å². The standard InChI is InChI=1S/C25H26N6O2/c1-33-20-14-8-5-9-16(20)15-27-31-23(26)21(25(32)28-17-10-3-2-4-11-17)22-24(31)30-19-13-7-6-12-18(19)29-22/h5-9,12-15,17H,2-4,10-11,26H2,1H3,(H,28,32)/b27-15-. The highest BCUT2D eigenvalue weighted by molar-refractivity contribution is 6.10. The molecule has 5 rings (SSSR count). The minimum absolute atomic E-state index is 0.148. The second-order valence-electron chi connectivity index (χ2n) is 8.25. The van der Waals surface area contributed by atoms with Gasteiger partial charge in [0.05, 0.1) is 24.4 Å². The van der Waals surface area contributed by atoms with Crippen molar-refractivity contribution in [3.63, 3.8) is 0 Å². The SMILES string of the molecule is COc1ccccc1/C=N\n1c(N)c(C(=O)NC2CCCCC2)c2nc3ccccc3nc21. The minimum Gasteiger partial charge on any atom is -0.496 e. The molecule has 1 amide bonds. The van der Waals surface area contributed by atoms with Crippen LogP contribution in [0.1, 0.15) is 48.0 Å². The van der Waals surface area contributed by atoms with Crippen LogP contribution >= 0.6 is 0 Å². The fraction of sp³-hybridized carbons (Fsp3) is 0.280. The van der Waals surface area contributed by atoms with Crippen LogP contribution in [-0.4, -0.2) is 39.9 Å². The molecule has 8 heteroatoms. The Hall–Kier alpha value is -3.94. The van der Waals surface area contributed by atoms with Gasteiger partial charge in [0.25, 0.3) is 5.91 Å². The maximum absolute atomic E-state index is 13.3. The summed E-state index contributed by atoms with van der Waals surface area (Å²) in [6.07, 6.45) is 7.05. The average Bonchev–Trinajstić information content (AvgIpc) is 3.12. The third-order valence-corrected chi connectivity index (χ3v) is 6.09. The molecule has 8 nitrogen and oxygen atoms in total. The lowest BCUT2D eigenvalue weighted by Crippen LogP contribution is -2.36. The molecule has 33 heavy (non-hydrogen) atoms. The molecular formula is C25H26N6O2. The molecule has 0 unspecified atom stereocenters. The summed E-state index contributed by atoms with van der Waals surface area (Å²) in [5.74, 6) is 0.656.